The fourth-order valence-electron chi connectivity index (χ4n) is 4.42. The molecule has 3 aromatic rings. The van der Waals surface area contributed by atoms with E-state index < -0.39 is 17.5 Å². The third kappa shape index (κ3) is 4.80. The van der Waals surface area contributed by atoms with Crippen molar-refractivity contribution in [3.8, 4) is 28.0 Å². The molecule has 1 aromatic heterocycles. The Kier molecular flexibility index (Phi) is 6.30. The van der Waals surface area contributed by atoms with Crippen molar-refractivity contribution in [2.24, 2.45) is 0 Å². The number of aromatic nitrogens is 1. The van der Waals surface area contributed by atoms with Gasteiger partial charge in [-0.15, -0.1) is 0 Å². The van der Waals surface area contributed by atoms with Gasteiger partial charge in [0, 0.05) is 48.2 Å². The minimum Gasteiger partial charge on any atom is -0.507 e. The highest BCUT2D eigenvalue weighted by Gasteiger charge is 2.32. The first-order chi connectivity index (χ1) is 15.7. The SMILES string of the molecule is CNC1CCN(c2c(-c3cc(C)cc(F)c3)cncc2-c2ccc(C(F)(F)F)cc2O)CC1. The molecule has 0 spiro atoms. The van der Waals surface area contributed by atoms with Crippen LogP contribution in [0.5, 0.6) is 5.75 Å². The van der Waals surface area contributed by atoms with Gasteiger partial charge in [-0.3, -0.25) is 4.98 Å². The summed E-state index contributed by atoms with van der Waals surface area (Å²) in [5.41, 5.74) is 2.58. The van der Waals surface area contributed by atoms with Gasteiger partial charge in [-0.1, -0.05) is 6.07 Å². The van der Waals surface area contributed by atoms with Crippen LogP contribution in [-0.4, -0.2) is 36.3 Å². The number of benzene rings is 2. The van der Waals surface area contributed by atoms with Crippen LogP contribution in [0.3, 0.4) is 0 Å². The largest absolute Gasteiger partial charge is 0.507 e. The van der Waals surface area contributed by atoms with E-state index in [1.54, 1.807) is 13.1 Å². The molecular weight excluding hydrogens is 434 g/mol. The molecule has 0 radical (unpaired) electrons. The second-order valence-corrected chi connectivity index (χ2v) is 8.38. The van der Waals surface area contributed by atoms with Gasteiger partial charge >= 0.3 is 6.18 Å². The average Bonchev–Trinajstić information content (AvgIpc) is 2.77. The van der Waals surface area contributed by atoms with Gasteiger partial charge in [0.1, 0.15) is 11.6 Å². The van der Waals surface area contributed by atoms with Crippen molar-refractivity contribution in [2.45, 2.75) is 32.0 Å². The number of alkyl halides is 3. The summed E-state index contributed by atoms with van der Waals surface area (Å²) in [7, 11) is 1.92. The van der Waals surface area contributed by atoms with Crippen LogP contribution in [0.2, 0.25) is 0 Å². The molecule has 8 heteroatoms. The number of hydrogen-bond donors (Lipinski definition) is 2. The van der Waals surface area contributed by atoms with Crippen LogP contribution in [-0.2, 0) is 6.18 Å². The second-order valence-electron chi connectivity index (χ2n) is 8.38. The van der Waals surface area contributed by atoms with E-state index in [0.29, 0.717) is 35.8 Å². The zero-order valence-electron chi connectivity index (χ0n) is 18.4. The van der Waals surface area contributed by atoms with Gasteiger partial charge in [0.05, 0.1) is 11.3 Å². The number of nitrogens with zero attached hydrogens (tertiary/aromatic N) is 2. The van der Waals surface area contributed by atoms with Crippen LogP contribution < -0.4 is 10.2 Å². The monoisotopic (exact) mass is 459 g/mol. The second kappa shape index (κ2) is 9.02. The molecule has 2 N–H and O–H groups in total. The number of aromatic hydroxyl groups is 1. The molecule has 0 unspecified atom stereocenters. The lowest BCUT2D eigenvalue weighted by Gasteiger charge is -2.36. The number of piperidine rings is 1. The maximum absolute atomic E-state index is 14.2. The number of rotatable bonds is 4. The number of halogens is 4. The Morgan fingerprint density at radius 2 is 1.70 bits per heavy atom. The molecule has 2 aromatic carbocycles. The van der Waals surface area contributed by atoms with Gasteiger partial charge in [0.15, 0.2) is 0 Å². The minimum absolute atomic E-state index is 0.246. The summed E-state index contributed by atoms with van der Waals surface area (Å²) in [5.74, 6) is -0.863. The first-order valence-electron chi connectivity index (χ1n) is 10.8. The summed E-state index contributed by atoms with van der Waals surface area (Å²) in [5, 5.41) is 13.8. The van der Waals surface area contributed by atoms with E-state index in [9.17, 15) is 22.7 Å². The number of hydrogen-bond acceptors (Lipinski definition) is 4. The van der Waals surface area contributed by atoms with Crippen LogP contribution in [0, 0.1) is 12.7 Å². The molecule has 1 aliphatic rings. The van der Waals surface area contributed by atoms with E-state index >= 15 is 0 Å². The van der Waals surface area contributed by atoms with Crippen molar-refractivity contribution in [1.82, 2.24) is 10.3 Å². The molecule has 1 aliphatic heterocycles. The standard InChI is InChI=1S/C25H25F4N3O/c1-15-9-16(11-18(26)10-15)21-13-31-14-22(24(21)32-7-5-19(30-2)6-8-32)20-4-3-17(12-23(20)33)25(27,28)29/h3-4,9-14,19,30,33H,5-8H2,1-2H3. The van der Waals surface area contributed by atoms with Gasteiger partial charge < -0.3 is 15.3 Å². The number of pyridine rings is 1. The smallest absolute Gasteiger partial charge is 0.416 e. The highest BCUT2D eigenvalue weighted by Crippen LogP contribution is 2.44. The summed E-state index contributed by atoms with van der Waals surface area (Å²) in [6.45, 7) is 3.19. The van der Waals surface area contributed by atoms with Crippen molar-refractivity contribution in [1.29, 1.82) is 0 Å². The highest BCUT2D eigenvalue weighted by molar-refractivity contribution is 5.92. The topological polar surface area (TPSA) is 48.4 Å². The van der Waals surface area contributed by atoms with Gasteiger partial charge in [-0.05, 0) is 68.3 Å². The van der Waals surface area contributed by atoms with Crippen LogP contribution >= 0.6 is 0 Å². The zero-order chi connectivity index (χ0) is 23.8. The molecule has 0 amide bonds. The van der Waals surface area contributed by atoms with E-state index in [-0.39, 0.29) is 11.4 Å². The molecule has 174 valence electrons. The zero-order valence-corrected chi connectivity index (χ0v) is 18.4. The Bertz CT molecular complexity index is 1130. The lowest BCUT2D eigenvalue weighted by molar-refractivity contribution is -0.137. The summed E-state index contributed by atoms with van der Waals surface area (Å²) >= 11 is 0. The van der Waals surface area contributed by atoms with Crippen LogP contribution in [0.4, 0.5) is 23.2 Å². The third-order valence-corrected chi connectivity index (χ3v) is 6.11. The summed E-state index contributed by atoms with van der Waals surface area (Å²) in [6, 6.07) is 8.01. The van der Waals surface area contributed by atoms with Gasteiger partial charge in [0.2, 0.25) is 0 Å². The van der Waals surface area contributed by atoms with E-state index in [1.165, 1.54) is 24.4 Å². The molecule has 0 atom stereocenters. The number of phenols is 1. The van der Waals surface area contributed by atoms with Crippen LogP contribution in [0.25, 0.3) is 22.3 Å². The molecule has 4 rings (SSSR count). The predicted molar refractivity (Wildman–Crippen MR) is 121 cm³/mol. The summed E-state index contributed by atoms with van der Waals surface area (Å²) in [6.07, 6.45) is 0.362. The Morgan fingerprint density at radius 1 is 1.00 bits per heavy atom. The van der Waals surface area contributed by atoms with Crippen molar-refractivity contribution in [3.05, 3.63) is 65.7 Å². The minimum atomic E-state index is -4.56. The quantitative estimate of drug-likeness (QED) is 0.486. The van der Waals surface area contributed by atoms with Crippen molar-refractivity contribution in [2.75, 3.05) is 25.0 Å². The summed E-state index contributed by atoms with van der Waals surface area (Å²) < 4.78 is 53.6. The molecule has 0 aliphatic carbocycles. The Morgan fingerprint density at radius 3 is 2.30 bits per heavy atom. The molecule has 4 nitrogen and oxygen atoms in total. The molecule has 0 bridgehead atoms. The molecule has 1 saturated heterocycles. The lowest BCUT2D eigenvalue weighted by Crippen LogP contribution is -2.41. The van der Waals surface area contributed by atoms with Crippen LogP contribution in [0.15, 0.2) is 48.8 Å². The number of nitrogens with one attached hydrogen (secondary N) is 1. The average molecular weight is 459 g/mol. The van der Waals surface area contributed by atoms with Crippen molar-refractivity contribution < 1.29 is 22.7 Å². The lowest BCUT2D eigenvalue weighted by atomic mass is 9.94. The number of phenolic OH excluding ortho intramolecular Hbond substituents is 1. The van der Waals surface area contributed by atoms with E-state index in [4.69, 9.17) is 0 Å². The maximum atomic E-state index is 14.2. The van der Waals surface area contributed by atoms with Crippen molar-refractivity contribution >= 4 is 5.69 Å². The third-order valence-electron chi connectivity index (χ3n) is 6.11. The normalized spacial score (nSPS) is 15.2. The Hall–Kier alpha value is -3.13. The molecular formula is C25H25F4N3O. The number of aryl methyl sites for hydroxylation is 1. The first kappa shape index (κ1) is 23.0. The van der Waals surface area contributed by atoms with E-state index in [1.807, 2.05) is 13.1 Å². The van der Waals surface area contributed by atoms with E-state index in [2.05, 4.69) is 15.2 Å². The Labute approximate surface area is 189 Å². The van der Waals surface area contributed by atoms with E-state index in [0.717, 1.165) is 36.2 Å². The predicted octanol–water partition coefficient (Wildman–Crippen LogP) is 5.78. The van der Waals surface area contributed by atoms with Crippen molar-refractivity contribution in [3.63, 3.8) is 0 Å². The fraction of sp³-hybridized carbons (Fsp3) is 0.320. The summed E-state index contributed by atoms with van der Waals surface area (Å²) in [4.78, 5) is 6.44. The molecule has 0 saturated carbocycles. The van der Waals surface area contributed by atoms with Gasteiger partial charge in [0.25, 0.3) is 0 Å². The van der Waals surface area contributed by atoms with Gasteiger partial charge in [-0.2, -0.15) is 13.2 Å². The Balaban J connectivity index is 1.89. The van der Waals surface area contributed by atoms with Gasteiger partial charge in [-0.25, -0.2) is 4.39 Å². The first-order valence-corrected chi connectivity index (χ1v) is 10.8. The molecule has 33 heavy (non-hydrogen) atoms. The fourth-order valence-corrected chi connectivity index (χ4v) is 4.42. The maximum Gasteiger partial charge on any atom is 0.416 e. The molecule has 1 fully saturated rings. The molecule has 2 heterocycles. The van der Waals surface area contributed by atoms with Crippen LogP contribution in [0.1, 0.15) is 24.0 Å². The highest BCUT2D eigenvalue weighted by atomic mass is 19.4. The number of anilines is 1.